The van der Waals surface area contributed by atoms with Crippen molar-refractivity contribution in [1.82, 2.24) is 0 Å². The van der Waals surface area contributed by atoms with Crippen LogP contribution in [0.15, 0.2) is 23.4 Å². The summed E-state index contributed by atoms with van der Waals surface area (Å²) < 4.78 is 0. The Morgan fingerprint density at radius 2 is 1.62 bits per heavy atom. The first-order valence-corrected chi connectivity index (χ1v) is 13.3. The quantitative estimate of drug-likeness (QED) is 0.432. The van der Waals surface area contributed by atoms with E-state index in [4.69, 9.17) is 12.3 Å². The molecule has 3 saturated carbocycles. The summed E-state index contributed by atoms with van der Waals surface area (Å²) in [6, 6.07) is 0. The van der Waals surface area contributed by atoms with E-state index in [2.05, 4.69) is 39.5 Å². The van der Waals surface area contributed by atoms with Crippen LogP contribution in [0.1, 0.15) is 93.4 Å². The van der Waals surface area contributed by atoms with Crippen molar-refractivity contribution in [2.45, 2.75) is 99.0 Å². The van der Waals surface area contributed by atoms with Crippen LogP contribution in [0.3, 0.4) is 0 Å². The lowest BCUT2D eigenvalue weighted by Crippen LogP contribution is -2.68. The van der Waals surface area contributed by atoms with Crippen LogP contribution in [0, 0.1) is 51.4 Å². The first kappa shape index (κ1) is 24.0. The average Bonchev–Trinajstić information content (AvgIpc) is 2.74. The molecule has 2 unspecified atom stereocenters. The van der Waals surface area contributed by atoms with Crippen LogP contribution in [0.2, 0.25) is 0 Å². The molecule has 184 valence electrons. The highest BCUT2D eigenvalue weighted by Crippen LogP contribution is 2.73. The summed E-state index contributed by atoms with van der Waals surface area (Å²) in [6.07, 6.45) is 10.9. The Hall–Kier alpha value is -1.73. The Kier molecular flexibility index (Phi) is 4.74. The first-order valence-electron chi connectivity index (χ1n) is 13.3. The van der Waals surface area contributed by atoms with Gasteiger partial charge in [-0.3, -0.25) is 4.79 Å². The maximum Gasteiger partial charge on any atom is 0.226 e. The van der Waals surface area contributed by atoms with Crippen LogP contribution < -0.4 is 5.73 Å². The third-order valence-corrected chi connectivity index (χ3v) is 11.9. The molecule has 0 saturated heterocycles. The van der Waals surface area contributed by atoms with Gasteiger partial charge in [0, 0.05) is 22.3 Å². The Bertz CT molecular complexity index is 1090. The number of ketones is 2. The van der Waals surface area contributed by atoms with Gasteiger partial charge in [-0.15, -0.1) is 0 Å². The van der Waals surface area contributed by atoms with E-state index in [-0.39, 0.29) is 56.8 Å². The molecule has 0 heterocycles. The number of Topliss-reactive ketones (excluding diaryl/α,β-unsaturated/α-hetero) is 1. The number of carbonyl (C=O) groups excluding carboxylic acids is 2. The van der Waals surface area contributed by atoms with Gasteiger partial charge < -0.3 is 10.5 Å². The van der Waals surface area contributed by atoms with Crippen LogP contribution in [0.5, 0.6) is 0 Å². The molecule has 0 aromatic heterocycles. The third kappa shape index (κ3) is 2.74. The SMILES string of the molecule is [C-]#[N+]C1=C[C@]2(C)C3=CC(=O)C4C5CC(C)(C)CC[C@]5(N)CC[C@@]4(C)[C@]3(C)CC[C@H]2C(C)(C)C1=O. The zero-order valence-corrected chi connectivity index (χ0v) is 22.2. The number of hydrogen-bond donors (Lipinski definition) is 1. The van der Waals surface area contributed by atoms with Crippen LogP contribution in [0.25, 0.3) is 4.85 Å². The Morgan fingerprint density at radius 1 is 0.971 bits per heavy atom. The second kappa shape index (κ2) is 6.73. The molecule has 0 amide bonds. The Balaban J connectivity index is 1.69. The fourth-order valence-electron chi connectivity index (χ4n) is 9.64. The van der Waals surface area contributed by atoms with E-state index in [1.54, 1.807) is 0 Å². The maximum absolute atomic E-state index is 14.2. The minimum absolute atomic E-state index is 0.0459. The number of nitrogens with two attached hydrogens (primary N) is 1. The number of hydrogen-bond acceptors (Lipinski definition) is 3. The zero-order valence-electron chi connectivity index (χ0n) is 22.2. The molecule has 5 aliphatic carbocycles. The summed E-state index contributed by atoms with van der Waals surface area (Å²) in [4.78, 5) is 30.9. The summed E-state index contributed by atoms with van der Waals surface area (Å²) in [5, 5.41) is 0. The molecule has 0 aromatic rings. The molecule has 0 bridgehead atoms. The van der Waals surface area contributed by atoms with Crippen molar-refractivity contribution >= 4 is 11.6 Å². The maximum atomic E-state index is 14.2. The smallest absolute Gasteiger partial charge is 0.226 e. The summed E-state index contributed by atoms with van der Waals surface area (Å²) in [6.45, 7) is 23.3. The normalized spacial score (nSPS) is 48.9. The molecule has 5 rings (SSSR count). The average molecular weight is 463 g/mol. The van der Waals surface area contributed by atoms with Crippen molar-refractivity contribution in [1.29, 1.82) is 0 Å². The molecule has 2 N–H and O–H groups in total. The number of rotatable bonds is 0. The van der Waals surface area contributed by atoms with Crippen LogP contribution in [0.4, 0.5) is 0 Å². The van der Waals surface area contributed by atoms with Crippen molar-refractivity contribution in [3.63, 3.8) is 0 Å². The van der Waals surface area contributed by atoms with E-state index >= 15 is 0 Å². The fraction of sp³-hybridized carbons (Fsp3) is 0.767. The number of allylic oxidation sites excluding steroid dienone is 4. The largest absolute Gasteiger partial charge is 0.325 e. The van der Waals surface area contributed by atoms with Gasteiger partial charge in [-0.1, -0.05) is 60.1 Å². The summed E-state index contributed by atoms with van der Waals surface area (Å²) in [7, 11) is 0. The van der Waals surface area contributed by atoms with Crippen molar-refractivity contribution in [3.8, 4) is 0 Å². The van der Waals surface area contributed by atoms with E-state index in [9.17, 15) is 9.59 Å². The zero-order chi connectivity index (χ0) is 25.1. The van der Waals surface area contributed by atoms with E-state index in [0.29, 0.717) is 0 Å². The van der Waals surface area contributed by atoms with Gasteiger partial charge in [0.1, 0.15) is 0 Å². The van der Waals surface area contributed by atoms with Crippen molar-refractivity contribution in [2.75, 3.05) is 0 Å². The molecular weight excluding hydrogens is 420 g/mol. The molecule has 7 atom stereocenters. The Morgan fingerprint density at radius 3 is 2.26 bits per heavy atom. The van der Waals surface area contributed by atoms with Crippen LogP contribution >= 0.6 is 0 Å². The molecule has 3 fully saturated rings. The molecular formula is C30H42N2O2. The number of carbonyl (C=O) groups is 2. The number of fused-ring (bicyclic) bond motifs is 7. The van der Waals surface area contributed by atoms with E-state index in [1.165, 1.54) is 5.57 Å². The molecule has 0 spiro atoms. The van der Waals surface area contributed by atoms with Gasteiger partial charge in [0.15, 0.2) is 11.6 Å². The lowest BCUT2D eigenvalue weighted by atomic mass is 9.35. The molecule has 34 heavy (non-hydrogen) atoms. The highest BCUT2D eigenvalue weighted by atomic mass is 16.1. The lowest BCUT2D eigenvalue weighted by molar-refractivity contribution is -0.158. The minimum Gasteiger partial charge on any atom is -0.325 e. The van der Waals surface area contributed by atoms with Gasteiger partial charge in [0.2, 0.25) is 5.70 Å². The predicted octanol–water partition coefficient (Wildman–Crippen LogP) is 6.27. The lowest BCUT2D eigenvalue weighted by Gasteiger charge is -2.69. The van der Waals surface area contributed by atoms with Crippen molar-refractivity contribution < 1.29 is 9.59 Å². The van der Waals surface area contributed by atoms with Gasteiger partial charge >= 0.3 is 0 Å². The predicted molar refractivity (Wildman–Crippen MR) is 134 cm³/mol. The monoisotopic (exact) mass is 462 g/mol. The first-order chi connectivity index (χ1) is 15.6. The highest BCUT2D eigenvalue weighted by molar-refractivity contribution is 6.03. The van der Waals surface area contributed by atoms with Gasteiger partial charge in [-0.25, -0.2) is 4.85 Å². The molecule has 4 heteroatoms. The fourth-order valence-corrected chi connectivity index (χ4v) is 9.64. The minimum atomic E-state index is -0.612. The van der Waals surface area contributed by atoms with Crippen LogP contribution in [-0.4, -0.2) is 17.1 Å². The van der Waals surface area contributed by atoms with Crippen molar-refractivity contribution in [2.24, 2.45) is 50.6 Å². The topological polar surface area (TPSA) is 64.5 Å². The summed E-state index contributed by atoms with van der Waals surface area (Å²) >= 11 is 0. The summed E-state index contributed by atoms with van der Waals surface area (Å²) in [5.41, 5.74) is 7.08. The third-order valence-electron chi connectivity index (χ3n) is 11.9. The van der Waals surface area contributed by atoms with Gasteiger partial charge in [0.05, 0.1) is 6.57 Å². The number of nitrogens with zero attached hydrogens (tertiary/aromatic N) is 1. The second-order valence-electron chi connectivity index (χ2n) is 14.5. The van der Waals surface area contributed by atoms with Gasteiger partial charge in [-0.2, -0.15) is 0 Å². The molecule has 0 radical (unpaired) electrons. The van der Waals surface area contributed by atoms with Gasteiger partial charge in [0.25, 0.3) is 0 Å². The molecule has 0 aromatic carbocycles. The van der Waals surface area contributed by atoms with E-state index in [1.807, 2.05) is 26.0 Å². The van der Waals surface area contributed by atoms with Crippen molar-refractivity contribution in [3.05, 3.63) is 34.8 Å². The van der Waals surface area contributed by atoms with Gasteiger partial charge in [-0.05, 0) is 79.1 Å². The molecule has 4 nitrogen and oxygen atoms in total. The summed E-state index contributed by atoms with van der Waals surface area (Å²) in [5.74, 6) is 0.441. The molecule has 5 aliphatic rings. The van der Waals surface area contributed by atoms with E-state index < -0.39 is 10.8 Å². The second-order valence-corrected chi connectivity index (χ2v) is 14.5. The highest BCUT2D eigenvalue weighted by Gasteiger charge is 2.69. The standard InChI is InChI=1S/C30H42N2O2/c1-25(2)11-13-30(31)14-12-29(7)23(18(30)16-25)20(33)15-22-27(5)17-19(32-8)24(34)26(3,4)21(27)9-10-28(22,29)6/h15,17-18,21,23H,9-14,16,31H2,1-7H3/t18?,21-,23?,27-,28+,29+,30-/m0/s1. The van der Waals surface area contributed by atoms with Crippen LogP contribution in [-0.2, 0) is 9.59 Å². The Labute approximate surface area is 205 Å². The van der Waals surface area contributed by atoms with E-state index in [0.717, 1.165) is 44.9 Å². The molecule has 0 aliphatic heterocycles.